The monoisotopic (exact) mass is 85.1 g/mol. The van der Waals surface area contributed by atoms with Crippen LogP contribution in [0, 0.1) is 0 Å². The number of hydrogen-bond acceptors (Lipinski definition) is 2. The van der Waals surface area contributed by atoms with Crippen LogP contribution in [0.15, 0.2) is 4.99 Å². The van der Waals surface area contributed by atoms with Gasteiger partial charge in [0.25, 0.3) is 0 Å². The molecule has 0 aliphatic heterocycles. The fraction of sp³-hybridized carbons (Fsp3) is 0.500. The molecule has 0 aliphatic rings. The van der Waals surface area contributed by atoms with E-state index in [4.69, 9.17) is 0 Å². The Labute approximate surface area is 36.9 Å². The van der Waals surface area contributed by atoms with Crippen LogP contribution in [0.3, 0.4) is 0 Å². The predicted molar refractivity (Wildman–Crippen MR) is 25.1 cm³/mol. The second-order valence-electron chi connectivity index (χ2n) is 0.998. The van der Waals surface area contributed by atoms with Crippen LogP contribution in [-0.4, -0.2) is 19.0 Å². The molecule has 0 aliphatic carbocycles. The Hall–Kier alpha value is -0.660. The van der Waals surface area contributed by atoms with Crippen molar-refractivity contribution < 1.29 is 4.79 Å². The molecule has 2 heteroatoms. The lowest BCUT2D eigenvalue weighted by molar-refractivity contribution is -0.110. The van der Waals surface area contributed by atoms with E-state index in [0.717, 1.165) is 0 Å². The molecule has 6 heavy (non-hydrogen) atoms. The molecule has 0 amide bonds. The topological polar surface area (TPSA) is 29.4 Å². The van der Waals surface area contributed by atoms with Gasteiger partial charge in [-0.25, -0.2) is 0 Å². The van der Waals surface area contributed by atoms with Crippen molar-refractivity contribution in [1.29, 1.82) is 0 Å². The Kier molecular flexibility index (Phi) is 2.29. The van der Waals surface area contributed by atoms with Crippen molar-refractivity contribution in [1.82, 2.24) is 0 Å². The van der Waals surface area contributed by atoms with Crippen molar-refractivity contribution >= 4 is 12.0 Å². The average molecular weight is 85.1 g/mol. The summed E-state index contributed by atoms with van der Waals surface area (Å²) in [7, 11) is 1.57. The van der Waals surface area contributed by atoms with Crippen molar-refractivity contribution in [2.45, 2.75) is 6.92 Å². The Morgan fingerprint density at radius 1 is 1.83 bits per heavy atom. The fourth-order valence-electron chi connectivity index (χ4n) is 0.182. The highest BCUT2D eigenvalue weighted by atomic mass is 16.1. The molecule has 34 valence electrons. The first-order valence-electron chi connectivity index (χ1n) is 1.70. The van der Waals surface area contributed by atoms with Crippen molar-refractivity contribution in [3.63, 3.8) is 0 Å². The minimum absolute atomic E-state index is 0.00231. The van der Waals surface area contributed by atoms with E-state index in [0.29, 0.717) is 0 Å². The third-order valence-corrected chi connectivity index (χ3v) is 0.311. The summed E-state index contributed by atoms with van der Waals surface area (Å²) in [6.07, 6.45) is 1.28. The minimum Gasteiger partial charge on any atom is -0.293 e. The van der Waals surface area contributed by atoms with Gasteiger partial charge in [0.2, 0.25) is 0 Å². The van der Waals surface area contributed by atoms with Crippen LogP contribution >= 0.6 is 0 Å². The maximum atomic E-state index is 9.89. The quantitative estimate of drug-likeness (QED) is 0.420. The molecule has 0 saturated heterocycles. The van der Waals surface area contributed by atoms with Crippen LogP contribution < -0.4 is 0 Å². The summed E-state index contributed by atoms with van der Waals surface area (Å²) in [5, 5.41) is 0. The molecule has 0 saturated carbocycles. The van der Waals surface area contributed by atoms with Crippen LogP contribution in [0.5, 0.6) is 0 Å². The number of rotatable bonds is 1. The summed E-state index contributed by atoms with van der Waals surface area (Å²) in [4.78, 5) is 13.4. The molecule has 0 aromatic heterocycles. The number of carbonyl (C=O) groups excluding carboxylic acids is 1. The zero-order chi connectivity index (χ0) is 4.99. The molecule has 0 atom stereocenters. The maximum absolute atomic E-state index is 9.89. The third-order valence-electron chi connectivity index (χ3n) is 0.311. The van der Waals surface area contributed by atoms with Crippen LogP contribution in [-0.2, 0) is 4.79 Å². The molecule has 0 rings (SSSR count). The van der Waals surface area contributed by atoms with Gasteiger partial charge >= 0.3 is 0 Å². The molecule has 0 heterocycles. The van der Waals surface area contributed by atoms with Crippen LogP contribution in [0.4, 0.5) is 0 Å². The summed E-state index contributed by atoms with van der Waals surface area (Å²) in [5.41, 5.74) is 0. The van der Waals surface area contributed by atoms with Crippen LogP contribution in [0.25, 0.3) is 0 Å². The van der Waals surface area contributed by atoms with Crippen molar-refractivity contribution in [3.05, 3.63) is 0 Å². The lowest BCUT2D eigenvalue weighted by atomic mass is 10.5. The zero-order valence-corrected chi connectivity index (χ0v) is 3.93. The van der Waals surface area contributed by atoms with E-state index >= 15 is 0 Å². The van der Waals surface area contributed by atoms with Crippen molar-refractivity contribution in [2.75, 3.05) is 7.05 Å². The number of carbonyl (C=O) groups is 1. The van der Waals surface area contributed by atoms with E-state index in [9.17, 15) is 4.79 Å². The average Bonchev–Trinajstić information content (AvgIpc) is 1.35. The smallest absolute Gasteiger partial charge is 0.170 e. The first-order chi connectivity index (χ1) is 2.77. The van der Waals surface area contributed by atoms with E-state index in [1.165, 1.54) is 13.1 Å². The summed E-state index contributed by atoms with van der Waals surface area (Å²) < 4.78 is 0. The SMILES string of the molecule is C/N=C\C(C)=O. The Bertz CT molecular complexity index is 75.6. The standard InChI is InChI=1S/C4H7NO/c1-4(6)3-5-2/h3H,1-2H3/b5-3-. The van der Waals surface area contributed by atoms with Gasteiger partial charge in [-0.3, -0.25) is 9.79 Å². The Morgan fingerprint density at radius 3 is 2.33 bits per heavy atom. The van der Waals surface area contributed by atoms with Gasteiger partial charge in [-0.05, 0) is 0 Å². The van der Waals surface area contributed by atoms with E-state index in [1.807, 2.05) is 0 Å². The van der Waals surface area contributed by atoms with Gasteiger partial charge in [0.05, 0.1) is 6.21 Å². The predicted octanol–water partition coefficient (Wildman–Crippen LogP) is 0.276. The van der Waals surface area contributed by atoms with E-state index in [2.05, 4.69) is 4.99 Å². The number of ketones is 1. The van der Waals surface area contributed by atoms with E-state index in [-0.39, 0.29) is 5.78 Å². The number of aliphatic imine (C=N–C) groups is 1. The van der Waals surface area contributed by atoms with Crippen molar-refractivity contribution in [3.8, 4) is 0 Å². The van der Waals surface area contributed by atoms with E-state index in [1.54, 1.807) is 7.05 Å². The molecule has 0 fully saturated rings. The molecule has 0 aromatic carbocycles. The van der Waals surface area contributed by atoms with E-state index < -0.39 is 0 Å². The summed E-state index contributed by atoms with van der Waals surface area (Å²) in [6, 6.07) is 0. The third kappa shape index (κ3) is 3.34. The van der Waals surface area contributed by atoms with Gasteiger partial charge in [0.15, 0.2) is 5.78 Å². The zero-order valence-electron chi connectivity index (χ0n) is 3.93. The van der Waals surface area contributed by atoms with Crippen LogP contribution in [0.2, 0.25) is 0 Å². The largest absolute Gasteiger partial charge is 0.293 e. The van der Waals surface area contributed by atoms with Gasteiger partial charge in [0, 0.05) is 14.0 Å². The second-order valence-corrected chi connectivity index (χ2v) is 0.998. The normalized spacial score (nSPS) is 9.67. The molecule has 0 radical (unpaired) electrons. The molecule has 2 nitrogen and oxygen atoms in total. The first-order valence-corrected chi connectivity index (χ1v) is 1.70. The number of nitrogens with zero attached hydrogens (tertiary/aromatic N) is 1. The Balaban J connectivity index is 3.30. The minimum atomic E-state index is -0.00231. The first kappa shape index (κ1) is 5.34. The van der Waals surface area contributed by atoms with Crippen molar-refractivity contribution in [2.24, 2.45) is 4.99 Å². The molecule has 0 aromatic rings. The van der Waals surface area contributed by atoms with Gasteiger partial charge in [0.1, 0.15) is 0 Å². The Morgan fingerprint density at radius 2 is 2.33 bits per heavy atom. The maximum Gasteiger partial charge on any atom is 0.170 e. The second kappa shape index (κ2) is 2.57. The number of Topliss-reactive ketones (excluding diaryl/α,β-unsaturated/α-hetero) is 1. The fourth-order valence-corrected chi connectivity index (χ4v) is 0.182. The molecule has 0 spiro atoms. The van der Waals surface area contributed by atoms with Gasteiger partial charge < -0.3 is 0 Å². The molecule has 0 bridgehead atoms. The molecular formula is C4H7NO. The summed E-state index contributed by atoms with van der Waals surface area (Å²) in [5.74, 6) is -0.00231. The van der Waals surface area contributed by atoms with Crippen LogP contribution in [0.1, 0.15) is 6.92 Å². The highest BCUT2D eigenvalue weighted by molar-refractivity contribution is 6.26. The lowest BCUT2D eigenvalue weighted by Crippen LogP contribution is -1.87. The number of hydrogen-bond donors (Lipinski definition) is 0. The molecule has 0 unspecified atom stereocenters. The highest BCUT2D eigenvalue weighted by Gasteiger charge is 1.74. The van der Waals surface area contributed by atoms with Gasteiger partial charge in [-0.2, -0.15) is 0 Å². The summed E-state index contributed by atoms with van der Waals surface area (Å²) >= 11 is 0. The molecule has 0 N–H and O–H groups in total. The summed E-state index contributed by atoms with van der Waals surface area (Å²) in [6.45, 7) is 1.47. The van der Waals surface area contributed by atoms with Gasteiger partial charge in [-0.15, -0.1) is 0 Å². The van der Waals surface area contributed by atoms with Gasteiger partial charge in [-0.1, -0.05) is 0 Å². The molecular weight excluding hydrogens is 78.0 g/mol. The lowest BCUT2D eigenvalue weighted by Gasteiger charge is -1.68. The highest BCUT2D eigenvalue weighted by Crippen LogP contribution is 1.56.